The zero-order valence-electron chi connectivity index (χ0n) is 13.9. The van der Waals surface area contributed by atoms with Gasteiger partial charge in [-0.2, -0.15) is 0 Å². The van der Waals surface area contributed by atoms with Crippen molar-refractivity contribution >= 4 is 11.8 Å². The van der Waals surface area contributed by atoms with Gasteiger partial charge in [0.2, 0.25) is 0 Å². The van der Waals surface area contributed by atoms with Crippen LogP contribution in [0.4, 0.5) is 10.5 Å². The van der Waals surface area contributed by atoms with Gasteiger partial charge in [-0.1, -0.05) is 0 Å². The van der Waals surface area contributed by atoms with Crippen LogP contribution in [-0.4, -0.2) is 47.7 Å². The molecule has 0 saturated carbocycles. The number of nitrogens with zero attached hydrogens (tertiary/aromatic N) is 2. The minimum Gasteiger partial charge on any atom is -0.410 e. The van der Waals surface area contributed by atoms with E-state index in [4.69, 9.17) is 9.57 Å². The van der Waals surface area contributed by atoms with Gasteiger partial charge in [0.05, 0.1) is 4.91 Å². The van der Waals surface area contributed by atoms with E-state index in [1.54, 1.807) is 49.9 Å². The van der Waals surface area contributed by atoms with E-state index < -0.39 is 5.60 Å². The second kappa shape index (κ2) is 7.41. The van der Waals surface area contributed by atoms with Gasteiger partial charge in [-0.3, -0.25) is 0 Å². The molecule has 23 heavy (non-hydrogen) atoms. The van der Waals surface area contributed by atoms with Crippen molar-refractivity contribution in [3.63, 3.8) is 0 Å². The molecule has 1 aliphatic rings. The summed E-state index contributed by atoms with van der Waals surface area (Å²) in [6.45, 7) is 8.37. The standard InChI is InChI=1S/C16H24N3O4/c1-16(2,3)23-19(21)13-5-7-14(8-6-13)22-15(20)18-11-4-9-17-10-12-18/h5-8,17H,4,9-12H2,1-3H3/q+1. The summed E-state index contributed by atoms with van der Waals surface area (Å²) in [5, 5.41) is 3.23. The molecule has 1 heterocycles. The second-order valence-electron chi connectivity index (χ2n) is 6.41. The smallest absolute Gasteiger partial charge is 0.410 e. The highest BCUT2D eigenvalue weighted by molar-refractivity contribution is 5.70. The first-order chi connectivity index (χ1) is 10.8. The molecule has 0 radical (unpaired) electrons. The summed E-state index contributed by atoms with van der Waals surface area (Å²) < 4.78 is 5.34. The van der Waals surface area contributed by atoms with Crippen molar-refractivity contribution in [1.29, 1.82) is 0 Å². The Bertz CT molecular complexity index is 543. The molecule has 1 saturated heterocycles. The van der Waals surface area contributed by atoms with E-state index in [9.17, 15) is 9.70 Å². The summed E-state index contributed by atoms with van der Waals surface area (Å²) in [6, 6.07) is 6.29. The summed E-state index contributed by atoms with van der Waals surface area (Å²) in [5.74, 6) is 0.403. The number of hydrogen-bond acceptors (Lipinski definition) is 5. The Labute approximate surface area is 136 Å². The molecule has 0 atom stereocenters. The summed E-state index contributed by atoms with van der Waals surface area (Å²) in [7, 11) is 0. The Morgan fingerprint density at radius 2 is 1.87 bits per heavy atom. The molecular weight excluding hydrogens is 298 g/mol. The highest BCUT2D eigenvalue weighted by Crippen LogP contribution is 2.21. The Morgan fingerprint density at radius 1 is 1.17 bits per heavy atom. The van der Waals surface area contributed by atoms with Crippen molar-refractivity contribution in [3.8, 4) is 5.75 Å². The normalized spacial score (nSPS) is 15.7. The molecule has 7 heteroatoms. The number of benzene rings is 1. The maximum absolute atomic E-state index is 12.1. The van der Waals surface area contributed by atoms with Crippen LogP contribution in [0, 0.1) is 4.91 Å². The van der Waals surface area contributed by atoms with Crippen LogP contribution in [0.15, 0.2) is 24.3 Å². The molecule has 1 aromatic carbocycles. The average molecular weight is 322 g/mol. The second-order valence-corrected chi connectivity index (χ2v) is 6.41. The van der Waals surface area contributed by atoms with Crippen molar-refractivity contribution in [1.82, 2.24) is 10.2 Å². The predicted octanol–water partition coefficient (Wildman–Crippen LogP) is 2.62. The van der Waals surface area contributed by atoms with Crippen molar-refractivity contribution in [2.45, 2.75) is 32.8 Å². The predicted molar refractivity (Wildman–Crippen MR) is 85.7 cm³/mol. The number of amides is 1. The molecule has 1 aliphatic heterocycles. The lowest BCUT2D eigenvalue weighted by Gasteiger charge is -2.19. The van der Waals surface area contributed by atoms with Gasteiger partial charge >= 0.3 is 11.8 Å². The fourth-order valence-corrected chi connectivity index (χ4v) is 2.13. The quantitative estimate of drug-likeness (QED) is 0.866. The SMILES string of the molecule is CC(C)(C)O[N+](=O)c1ccc(OC(=O)N2CCCNCC2)cc1. The van der Waals surface area contributed by atoms with Gasteiger partial charge in [-0.15, -0.1) is 0 Å². The number of hydrogen-bond donors (Lipinski definition) is 1. The van der Waals surface area contributed by atoms with Gasteiger partial charge in [0.15, 0.2) is 5.60 Å². The highest BCUT2D eigenvalue weighted by Gasteiger charge is 2.26. The summed E-state index contributed by atoms with van der Waals surface area (Å²) in [5.41, 5.74) is -0.230. The third-order valence-corrected chi connectivity index (χ3v) is 3.21. The molecule has 1 N–H and O–H groups in total. The van der Waals surface area contributed by atoms with E-state index >= 15 is 0 Å². The third-order valence-electron chi connectivity index (χ3n) is 3.21. The lowest BCUT2D eigenvalue weighted by atomic mass is 10.2. The van der Waals surface area contributed by atoms with Gasteiger partial charge in [-0.25, -0.2) is 9.63 Å². The molecular formula is C16H24N3O4+. The maximum atomic E-state index is 12.1. The summed E-state index contributed by atoms with van der Waals surface area (Å²) in [6.07, 6.45) is 0.537. The minimum absolute atomic E-state index is 0.346. The van der Waals surface area contributed by atoms with E-state index in [0.29, 0.717) is 29.4 Å². The van der Waals surface area contributed by atoms with Crippen LogP contribution in [0.5, 0.6) is 5.75 Å². The van der Waals surface area contributed by atoms with E-state index in [1.807, 2.05) is 0 Å². The molecule has 1 aromatic rings. The van der Waals surface area contributed by atoms with Crippen LogP contribution in [0.3, 0.4) is 0 Å². The molecule has 0 aliphatic carbocycles. The number of carbonyl (C=O) groups excluding carboxylic acids is 1. The number of nitrogens with one attached hydrogen (secondary N) is 1. The Balaban J connectivity index is 1.94. The van der Waals surface area contributed by atoms with Gasteiger partial charge in [0.25, 0.3) is 4.92 Å². The van der Waals surface area contributed by atoms with Crippen molar-refractivity contribution in [2.75, 3.05) is 26.2 Å². The highest BCUT2D eigenvalue weighted by atomic mass is 16.8. The molecule has 0 spiro atoms. The molecule has 0 aromatic heterocycles. The maximum Gasteiger partial charge on any atom is 0.415 e. The first-order valence-electron chi connectivity index (χ1n) is 7.79. The fraction of sp³-hybridized carbons (Fsp3) is 0.562. The molecule has 2 rings (SSSR count). The van der Waals surface area contributed by atoms with Gasteiger partial charge in [-0.05, 0) is 45.9 Å². The topological polar surface area (TPSA) is 70.9 Å². The average Bonchev–Trinajstić information content (AvgIpc) is 2.75. The molecule has 1 fully saturated rings. The van der Waals surface area contributed by atoms with Crippen LogP contribution < -0.4 is 10.1 Å². The zero-order valence-corrected chi connectivity index (χ0v) is 13.9. The molecule has 7 nitrogen and oxygen atoms in total. The summed E-state index contributed by atoms with van der Waals surface area (Å²) >= 11 is 0. The van der Waals surface area contributed by atoms with Crippen molar-refractivity contribution in [3.05, 3.63) is 29.2 Å². The zero-order chi connectivity index (χ0) is 16.9. The van der Waals surface area contributed by atoms with E-state index in [0.717, 1.165) is 19.5 Å². The van der Waals surface area contributed by atoms with Crippen LogP contribution in [0.25, 0.3) is 0 Å². The molecule has 0 bridgehead atoms. The number of rotatable bonds is 3. The summed E-state index contributed by atoms with van der Waals surface area (Å²) in [4.78, 5) is 31.3. The van der Waals surface area contributed by atoms with Crippen LogP contribution in [0.1, 0.15) is 27.2 Å². The number of carbonyl (C=O) groups is 1. The molecule has 0 unspecified atom stereocenters. The van der Waals surface area contributed by atoms with E-state index in [-0.39, 0.29) is 6.09 Å². The van der Waals surface area contributed by atoms with E-state index in [1.165, 1.54) is 0 Å². The molecule has 1 amide bonds. The number of ether oxygens (including phenoxy) is 1. The Kier molecular flexibility index (Phi) is 5.54. The first-order valence-corrected chi connectivity index (χ1v) is 7.79. The third kappa shape index (κ3) is 5.52. The van der Waals surface area contributed by atoms with Crippen LogP contribution in [-0.2, 0) is 4.84 Å². The molecule has 126 valence electrons. The van der Waals surface area contributed by atoms with Gasteiger partial charge in [0, 0.05) is 31.8 Å². The monoisotopic (exact) mass is 322 g/mol. The largest absolute Gasteiger partial charge is 0.415 e. The fourth-order valence-electron chi connectivity index (χ4n) is 2.13. The van der Waals surface area contributed by atoms with Crippen LogP contribution in [0.2, 0.25) is 0 Å². The van der Waals surface area contributed by atoms with Gasteiger partial charge < -0.3 is 15.0 Å². The van der Waals surface area contributed by atoms with Crippen LogP contribution >= 0.6 is 0 Å². The van der Waals surface area contributed by atoms with Crippen molar-refractivity contribution in [2.24, 2.45) is 0 Å². The van der Waals surface area contributed by atoms with E-state index in [2.05, 4.69) is 5.32 Å². The lowest BCUT2D eigenvalue weighted by molar-refractivity contribution is -0.766. The Morgan fingerprint density at radius 3 is 2.52 bits per heavy atom. The Hall–Kier alpha value is -2.15. The van der Waals surface area contributed by atoms with Gasteiger partial charge in [0.1, 0.15) is 5.75 Å². The first kappa shape index (κ1) is 17.2. The lowest BCUT2D eigenvalue weighted by Crippen LogP contribution is -2.36. The van der Waals surface area contributed by atoms with Crippen molar-refractivity contribution < 1.29 is 19.3 Å². The minimum atomic E-state index is -0.576.